The van der Waals surface area contributed by atoms with Crippen molar-refractivity contribution in [1.29, 1.82) is 0 Å². The van der Waals surface area contributed by atoms with E-state index in [1.165, 1.54) is 53.2 Å². The Morgan fingerprint density at radius 3 is 2.08 bits per heavy atom. The van der Waals surface area contributed by atoms with E-state index < -0.39 is 29.4 Å². The SMILES string of the molecule is O=C(O)c1ccc(-n2cc(CNc3cccc(C(F)(F)F)c3)c(-c3ccc(C(F)(F)F)cc3)n2)cc1. The van der Waals surface area contributed by atoms with Crippen LogP contribution in [0, 0.1) is 0 Å². The quantitative estimate of drug-likeness (QED) is 0.280. The van der Waals surface area contributed by atoms with E-state index in [1.807, 2.05) is 0 Å². The molecule has 2 N–H and O–H groups in total. The van der Waals surface area contributed by atoms with Gasteiger partial charge in [0.05, 0.1) is 28.1 Å². The molecule has 4 rings (SSSR count). The van der Waals surface area contributed by atoms with Crippen LogP contribution in [0.3, 0.4) is 0 Å². The monoisotopic (exact) mass is 505 g/mol. The second-order valence-electron chi connectivity index (χ2n) is 7.81. The van der Waals surface area contributed by atoms with Gasteiger partial charge in [-0.3, -0.25) is 0 Å². The zero-order chi connectivity index (χ0) is 26.1. The number of benzene rings is 3. The molecule has 11 heteroatoms. The summed E-state index contributed by atoms with van der Waals surface area (Å²) in [4.78, 5) is 11.1. The lowest BCUT2D eigenvalue weighted by Gasteiger charge is -2.11. The average molecular weight is 505 g/mol. The molecule has 0 spiro atoms. The van der Waals surface area contributed by atoms with Crippen LogP contribution in [0.4, 0.5) is 32.0 Å². The number of carboxylic acid groups (broad SMARTS) is 1. The molecular weight excluding hydrogens is 488 g/mol. The largest absolute Gasteiger partial charge is 0.478 e. The number of nitrogens with zero attached hydrogens (tertiary/aromatic N) is 2. The third-order valence-electron chi connectivity index (χ3n) is 5.33. The molecule has 0 aliphatic rings. The number of aromatic nitrogens is 2. The highest BCUT2D eigenvalue weighted by molar-refractivity contribution is 5.87. The minimum absolute atomic E-state index is 0.0187. The summed E-state index contributed by atoms with van der Waals surface area (Å²) >= 11 is 0. The van der Waals surface area contributed by atoms with Crippen LogP contribution in [0.25, 0.3) is 16.9 Å². The maximum absolute atomic E-state index is 13.0. The van der Waals surface area contributed by atoms with Crippen LogP contribution in [0.1, 0.15) is 27.0 Å². The third-order valence-corrected chi connectivity index (χ3v) is 5.33. The van der Waals surface area contributed by atoms with Gasteiger partial charge in [-0.15, -0.1) is 0 Å². The predicted molar refractivity (Wildman–Crippen MR) is 120 cm³/mol. The third kappa shape index (κ3) is 5.51. The second-order valence-corrected chi connectivity index (χ2v) is 7.81. The summed E-state index contributed by atoms with van der Waals surface area (Å²) in [6.45, 7) is 0.0187. The molecule has 3 aromatic carbocycles. The Labute approximate surface area is 200 Å². The number of rotatable bonds is 6. The lowest BCUT2D eigenvalue weighted by atomic mass is 10.1. The standard InChI is InChI=1S/C25H17F6N3O2/c26-24(27,28)18-8-4-15(5-9-18)22-17(13-32-20-3-1-2-19(12-20)25(29,30)31)14-34(33-22)21-10-6-16(7-11-21)23(35)36/h1-12,14,32H,13H2,(H,35,36). The summed E-state index contributed by atoms with van der Waals surface area (Å²) in [5.74, 6) is -1.11. The number of hydrogen-bond donors (Lipinski definition) is 2. The van der Waals surface area contributed by atoms with Crippen LogP contribution in [0.5, 0.6) is 0 Å². The molecule has 36 heavy (non-hydrogen) atoms. The Balaban J connectivity index is 1.69. The van der Waals surface area contributed by atoms with Crippen LogP contribution in [0.2, 0.25) is 0 Å². The summed E-state index contributed by atoms with van der Waals surface area (Å²) in [7, 11) is 0. The summed E-state index contributed by atoms with van der Waals surface area (Å²) in [6.07, 6.45) is -7.46. The van der Waals surface area contributed by atoms with Crippen LogP contribution < -0.4 is 5.32 Å². The van der Waals surface area contributed by atoms with E-state index >= 15 is 0 Å². The molecule has 0 saturated heterocycles. The van der Waals surface area contributed by atoms with E-state index in [1.54, 1.807) is 6.20 Å². The number of carbonyl (C=O) groups is 1. The maximum atomic E-state index is 13.0. The van der Waals surface area contributed by atoms with Gasteiger partial charge in [0, 0.05) is 29.6 Å². The Bertz CT molecular complexity index is 1370. The van der Waals surface area contributed by atoms with Crippen molar-refractivity contribution in [3.8, 4) is 16.9 Å². The molecule has 1 aromatic heterocycles. The zero-order valence-electron chi connectivity index (χ0n) is 18.2. The van der Waals surface area contributed by atoms with Crippen molar-refractivity contribution in [2.24, 2.45) is 0 Å². The van der Waals surface area contributed by atoms with E-state index in [2.05, 4.69) is 10.4 Å². The Kier molecular flexibility index (Phi) is 6.49. The summed E-state index contributed by atoms with van der Waals surface area (Å²) < 4.78 is 79.5. The van der Waals surface area contributed by atoms with Crippen LogP contribution in [-0.2, 0) is 18.9 Å². The van der Waals surface area contributed by atoms with Crippen molar-refractivity contribution in [3.05, 3.63) is 101 Å². The van der Waals surface area contributed by atoms with Gasteiger partial charge >= 0.3 is 18.3 Å². The van der Waals surface area contributed by atoms with Gasteiger partial charge in [0.25, 0.3) is 0 Å². The number of carboxylic acids is 1. The van der Waals surface area contributed by atoms with Gasteiger partial charge < -0.3 is 10.4 Å². The van der Waals surface area contributed by atoms with Crippen molar-refractivity contribution in [2.75, 3.05) is 5.32 Å². The average Bonchev–Trinajstić information content (AvgIpc) is 3.26. The van der Waals surface area contributed by atoms with E-state index in [-0.39, 0.29) is 17.8 Å². The van der Waals surface area contributed by atoms with Gasteiger partial charge in [-0.2, -0.15) is 31.4 Å². The lowest BCUT2D eigenvalue weighted by molar-refractivity contribution is -0.138. The van der Waals surface area contributed by atoms with Gasteiger partial charge in [-0.25, -0.2) is 9.48 Å². The van der Waals surface area contributed by atoms with Crippen LogP contribution in [-0.4, -0.2) is 20.9 Å². The molecule has 0 amide bonds. The molecule has 1 heterocycles. The number of anilines is 1. The number of hydrogen-bond acceptors (Lipinski definition) is 3. The van der Waals surface area contributed by atoms with Gasteiger partial charge in [0.15, 0.2) is 0 Å². The van der Waals surface area contributed by atoms with Gasteiger partial charge in [-0.1, -0.05) is 18.2 Å². The van der Waals surface area contributed by atoms with Crippen molar-refractivity contribution in [3.63, 3.8) is 0 Å². The fourth-order valence-corrected chi connectivity index (χ4v) is 3.49. The van der Waals surface area contributed by atoms with Crippen molar-refractivity contribution in [1.82, 2.24) is 9.78 Å². The van der Waals surface area contributed by atoms with Crippen molar-refractivity contribution >= 4 is 11.7 Å². The molecule has 5 nitrogen and oxygen atoms in total. The molecular formula is C25H17F6N3O2. The molecule has 0 unspecified atom stereocenters. The summed E-state index contributed by atoms with van der Waals surface area (Å²) in [5.41, 5.74) is 0.244. The first-order valence-corrected chi connectivity index (χ1v) is 10.4. The molecule has 0 saturated carbocycles. The highest BCUT2D eigenvalue weighted by Crippen LogP contribution is 2.33. The summed E-state index contributed by atoms with van der Waals surface area (Å²) in [6, 6.07) is 14.7. The fraction of sp³-hybridized carbons (Fsp3) is 0.120. The lowest BCUT2D eigenvalue weighted by Crippen LogP contribution is -2.06. The Morgan fingerprint density at radius 1 is 0.861 bits per heavy atom. The van der Waals surface area contributed by atoms with E-state index in [0.29, 0.717) is 22.5 Å². The predicted octanol–water partition coefficient (Wildman–Crippen LogP) is 6.89. The number of nitrogens with one attached hydrogen (secondary N) is 1. The highest BCUT2D eigenvalue weighted by atomic mass is 19.4. The number of alkyl halides is 6. The fourth-order valence-electron chi connectivity index (χ4n) is 3.49. The van der Waals surface area contributed by atoms with Gasteiger partial charge in [0.1, 0.15) is 0 Å². The first-order chi connectivity index (χ1) is 16.9. The zero-order valence-corrected chi connectivity index (χ0v) is 18.2. The maximum Gasteiger partial charge on any atom is 0.416 e. The Hall–Kier alpha value is -4.28. The number of aromatic carboxylic acids is 1. The first-order valence-electron chi connectivity index (χ1n) is 10.4. The molecule has 0 bridgehead atoms. The molecule has 186 valence electrons. The molecule has 4 aromatic rings. The van der Waals surface area contributed by atoms with Crippen molar-refractivity contribution in [2.45, 2.75) is 18.9 Å². The van der Waals surface area contributed by atoms with Crippen molar-refractivity contribution < 1.29 is 36.2 Å². The smallest absolute Gasteiger partial charge is 0.416 e. The molecule has 0 atom stereocenters. The van der Waals surface area contributed by atoms with Crippen LogP contribution in [0.15, 0.2) is 79.0 Å². The molecule has 0 aliphatic heterocycles. The van der Waals surface area contributed by atoms with E-state index in [9.17, 15) is 31.1 Å². The minimum atomic E-state index is -4.52. The van der Waals surface area contributed by atoms with E-state index in [4.69, 9.17) is 5.11 Å². The summed E-state index contributed by atoms with van der Waals surface area (Å²) in [5, 5.41) is 16.4. The second kappa shape index (κ2) is 9.40. The first kappa shape index (κ1) is 24.8. The minimum Gasteiger partial charge on any atom is -0.478 e. The van der Waals surface area contributed by atoms with Crippen LogP contribution >= 0.6 is 0 Å². The van der Waals surface area contributed by atoms with E-state index in [0.717, 1.165) is 24.3 Å². The molecule has 0 aliphatic carbocycles. The Morgan fingerprint density at radius 2 is 1.50 bits per heavy atom. The van der Waals surface area contributed by atoms with Gasteiger partial charge in [0.2, 0.25) is 0 Å². The normalized spacial score (nSPS) is 11.9. The topological polar surface area (TPSA) is 67.2 Å². The molecule has 0 fully saturated rings. The highest BCUT2D eigenvalue weighted by Gasteiger charge is 2.31. The van der Waals surface area contributed by atoms with Gasteiger partial charge in [-0.05, 0) is 54.6 Å². The number of halogens is 6. The molecule has 0 radical (unpaired) electrons.